The van der Waals surface area contributed by atoms with E-state index in [-0.39, 0.29) is 0 Å². The molecular formula is C17H29N3S. The monoisotopic (exact) mass is 307 g/mol. The summed E-state index contributed by atoms with van der Waals surface area (Å²) in [7, 11) is 1.83. The van der Waals surface area contributed by atoms with Crippen molar-refractivity contribution >= 4 is 17.7 Å². The van der Waals surface area contributed by atoms with Gasteiger partial charge in [0.1, 0.15) is 0 Å². The molecule has 0 saturated heterocycles. The third-order valence-electron chi connectivity index (χ3n) is 3.57. The Kier molecular flexibility index (Phi) is 9.79. The number of nitrogens with zero attached hydrogens (tertiary/aromatic N) is 1. The smallest absolute Gasteiger partial charge is 0.190 e. The van der Waals surface area contributed by atoms with Gasteiger partial charge in [-0.2, -0.15) is 11.8 Å². The van der Waals surface area contributed by atoms with Crippen LogP contribution in [0.1, 0.15) is 37.7 Å². The van der Waals surface area contributed by atoms with Gasteiger partial charge in [-0.05, 0) is 36.8 Å². The largest absolute Gasteiger partial charge is 0.356 e. The van der Waals surface area contributed by atoms with Gasteiger partial charge in [-0.1, -0.05) is 37.3 Å². The van der Waals surface area contributed by atoms with E-state index in [2.05, 4.69) is 59.1 Å². The van der Waals surface area contributed by atoms with E-state index in [9.17, 15) is 0 Å². The molecule has 0 aliphatic rings. The van der Waals surface area contributed by atoms with Crippen LogP contribution in [0.15, 0.2) is 35.3 Å². The Bertz CT molecular complexity index is 392. The van der Waals surface area contributed by atoms with Gasteiger partial charge in [0.25, 0.3) is 0 Å². The SMILES string of the molecule is CCC(CNC(=NC)NCCCCSC)c1ccccc1. The molecular weight excluding hydrogens is 278 g/mol. The molecule has 2 N–H and O–H groups in total. The summed E-state index contributed by atoms with van der Waals surface area (Å²) >= 11 is 1.91. The normalized spacial score (nSPS) is 13.0. The fraction of sp³-hybridized carbons (Fsp3) is 0.588. The molecule has 0 heterocycles. The summed E-state index contributed by atoms with van der Waals surface area (Å²) in [6.07, 6.45) is 5.73. The molecule has 0 radical (unpaired) electrons. The highest BCUT2D eigenvalue weighted by molar-refractivity contribution is 7.98. The molecule has 0 aromatic heterocycles. The van der Waals surface area contributed by atoms with Gasteiger partial charge in [0, 0.05) is 26.1 Å². The second-order valence-corrected chi connectivity index (χ2v) is 6.08. The highest BCUT2D eigenvalue weighted by Crippen LogP contribution is 2.17. The van der Waals surface area contributed by atoms with Crippen LogP contribution in [0.2, 0.25) is 0 Å². The van der Waals surface area contributed by atoms with E-state index in [1.54, 1.807) is 0 Å². The molecule has 0 saturated carbocycles. The van der Waals surface area contributed by atoms with Crippen LogP contribution < -0.4 is 10.6 Å². The standard InChI is InChI=1S/C17H29N3S/c1-4-15(16-10-6-5-7-11-16)14-20-17(18-2)19-12-8-9-13-21-3/h5-7,10-11,15H,4,8-9,12-14H2,1-3H3,(H2,18,19,20). The van der Waals surface area contributed by atoms with Crippen molar-refractivity contribution in [1.29, 1.82) is 0 Å². The third-order valence-corrected chi connectivity index (χ3v) is 4.27. The van der Waals surface area contributed by atoms with Gasteiger partial charge < -0.3 is 10.6 Å². The Morgan fingerprint density at radius 3 is 2.57 bits per heavy atom. The molecule has 0 spiro atoms. The number of hydrogen-bond donors (Lipinski definition) is 2. The van der Waals surface area contributed by atoms with Crippen LogP contribution in [0.25, 0.3) is 0 Å². The van der Waals surface area contributed by atoms with Gasteiger partial charge in [-0.15, -0.1) is 0 Å². The van der Waals surface area contributed by atoms with E-state index < -0.39 is 0 Å². The van der Waals surface area contributed by atoms with Crippen LogP contribution in [-0.4, -0.2) is 38.1 Å². The lowest BCUT2D eigenvalue weighted by Crippen LogP contribution is -2.39. The Morgan fingerprint density at radius 1 is 1.19 bits per heavy atom. The lowest BCUT2D eigenvalue weighted by molar-refractivity contribution is 0.627. The number of aliphatic imine (C=N–C) groups is 1. The van der Waals surface area contributed by atoms with Crippen molar-refractivity contribution in [3.05, 3.63) is 35.9 Å². The summed E-state index contributed by atoms with van der Waals surface area (Å²) in [5, 5.41) is 6.83. The zero-order chi connectivity index (χ0) is 15.3. The van der Waals surface area contributed by atoms with Gasteiger partial charge >= 0.3 is 0 Å². The minimum Gasteiger partial charge on any atom is -0.356 e. The topological polar surface area (TPSA) is 36.4 Å². The fourth-order valence-corrected chi connectivity index (χ4v) is 2.73. The van der Waals surface area contributed by atoms with Gasteiger partial charge in [-0.25, -0.2) is 0 Å². The van der Waals surface area contributed by atoms with Crippen LogP contribution >= 0.6 is 11.8 Å². The maximum Gasteiger partial charge on any atom is 0.190 e. The van der Waals surface area contributed by atoms with Gasteiger partial charge in [0.2, 0.25) is 0 Å². The first-order valence-electron chi connectivity index (χ1n) is 7.80. The predicted octanol–water partition coefficient (Wildman–Crippen LogP) is 3.49. The molecule has 1 atom stereocenters. The Labute approximate surface area is 134 Å². The first-order valence-corrected chi connectivity index (χ1v) is 9.19. The fourth-order valence-electron chi connectivity index (χ4n) is 2.24. The summed E-state index contributed by atoms with van der Waals surface area (Å²) in [5.74, 6) is 2.68. The minimum atomic E-state index is 0.529. The van der Waals surface area contributed by atoms with Crippen molar-refractivity contribution in [2.75, 3.05) is 32.1 Å². The van der Waals surface area contributed by atoms with Crippen molar-refractivity contribution in [3.63, 3.8) is 0 Å². The van der Waals surface area contributed by atoms with E-state index in [1.807, 2.05) is 18.8 Å². The van der Waals surface area contributed by atoms with Crippen molar-refractivity contribution in [3.8, 4) is 0 Å². The number of benzene rings is 1. The van der Waals surface area contributed by atoms with Crippen LogP contribution in [0.4, 0.5) is 0 Å². The average molecular weight is 308 g/mol. The maximum absolute atomic E-state index is 4.29. The summed E-state index contributed by atoms with van der Waals surface area (Å²) in [5.41, 5.74) is 1.39. The molecule has 1 aromatic rings. The van der Waals surface area contributed by atoms with Gasteiger partial charge in [-0.3, -0.25) is 4.99 Å². The molecule has 3 nitrogen and oxygen atoms in total. The summed E-state index contributed by atoms with van der Waals surface area (Å²) in [4.78, 5) is 4.29. The molecule has 1 aromatic carbocycles. The number of hydrogen-bond acceptors (Lipinski definition) is 2. The molecule has 118 valence electrons. The van der Waals surface area contributed by atoms with E-state index in [0.29, 0.717) is 5.92 Å². The van der Waals surface area contributed by atoms with Crippen LogP contribution in [0.3, 0.4) is 0 Å². The number of rotatable bonds is 9. The van der Waals surface area contributed by atoms with E-state index >= 15 is 0 Å². The summed E-state index contributed by atoms with van der Waals surface area (Å²) in [6.45, 7) is 4.14. The van der Waals surface area contributed by atoms with Crippen molar-refractivity contribution < 1.29 is 0 Å². The highest BCUT2D eigenvalue weighted by Gasteiger charge is 2.09. The average Bonchev–Trinajstić information content (AvgIpc) is 2.54. The zero-order valence-corrected chi connectivity index (χ0v) is 14.4. The van der Waals surface area contributed by atoms with Crippen molar-refractivity contribution in [1.82, 2.24) is 10.6 Å². The lowest BCUT2D eigenvalue weighted by atomic mass is 9.97. The molecule has 1 unspecified atom stereocenters. The molecule has 21 heavy (non-hydrogen) atoms. The second kappa shape index (κ2) is 11.5. The second-order valence-electron chi connectivity index (χ2n) is 5.10. The van der Waals surface area contributed by atoms with Gasteiger partial charge in [0.15, 0.2) is 5.96 Å². The molecule has 0 aliphatic carbocycles. The predicted molar refractivity (Wildman–Crippen MR) is 96.5 cm³/mol. The molecule has 0 bridgehead atoms. The van der Waals surface area contributed by atoms with Crippen LogP contribution in [0.5, 0.6) is 0 Å². The molecule has 4 heteroatoms. The number of guanidine groups is 1. The molecule has 1 rings (SSSR count). The number of nitrogens with one attached hydrogen (secondary N) is 2. The van der Waals surface area contributed by atoms with E-state index in [0.717, 1.165) is 25.5 Å². The van der Waals surface area contributed by atoms with Crippen LogP contribution in [-0.2, 0) is 0 Å². The Balaban J connectivity index is 2.33. The van der Waals surface area contributed by atoms with Gasteiger partial charge in [0.05, 0.1) is 0 Å². The molecule has 0 fully saturated rings. The summed E-state index contributed by atoms with van der Waals surface area (Å²) in [6, 6.07) is 10.7. The van der Waals surface area contributed by atoms with Crippen molar-refractivity contribution in [2.24, 2.45) is 4.99 Å². The van der Waals surface area contributed by atoms with Crippen LogP contribution in [0, 0.1) is 0 Å². The minimum absolute atomic E-state index is 0.529. The molecule has 0 aliphatic heterocycles. The quantitative estimate of drug-likeness (QED) is 0.416. The lowest BCUT2D eigenvalue weighted by Gasteiger charge is -2.18. The Hall–Kier alpha value is -1.16. The highest BCUT2D eigenvalue weighted by atomic mass is 32.2. The zero-order valence-electron chi connectivity index (χ0n) is 13.6. The van der Waals surface area contributed by atoms with Crippen molar-refractivity contribution in [2.45, 2.75) is 32.1 Å². The number of unbranched alkanes of at least 4 members (excludes halogenated alkanes) is 1. The van der Waals surface area contributed by atoms with E-state index in [1.165, 1.54) is 24.2 Å². The number of thioether (sulfide) groups is 1. The first-order chi connectivity index (χ1) is 10.3. The maximum atomic E-state index is 4.29. The summed E-state index contributed by atoms with van der Waals surface area (Å²) < 4.78 is 0. The third kappa shape index (κ3) is 7.42. The van der Waals surface area contributed by atoms with E-state index in [4.69, 9.17) is 0 Å². The molecule has 0 amide bonds. The Morgan fingerprint density at radius 2 is 1.95 bits per heavy atom. The first kappa shape index (κ1) is 17.9.